The highest BCUT2D eigenvalue weighted by molar-refractivity contribution is 9.10. The van der Waals surface area contributed by atoms with E-state index in [0.717, 1.165) is 23.2 Å². The van der Waals surface area contributed by atoms with Gasteiger partial charge < -0.3 is 10.5 Å². The number of nitrogens with two attached hydrogens (primary N) is 1. The molecule has 1 heterocycles. The molecule has 0 spiro atoms. The lowest BCUT2D eigenvalue weighted by molar-refractivity contribution is 0.343. The van der Waals surface area contributed by atoms with Gasteiger partial charge in [-0.3, -0.25) is 0 Å². The molecule has 2 aliphatic rings. The first-order chi connectivity index (χ1) is 8.25. The zero-order chi connectivity index (χ0) is 11.8. The van der Waals surface area contributed by atoms with Crippen molar-refractivity contribution in [3.05, 3.63) is 27.7 Å². The smallest absolute Gasteiger partial charge is 0.127 e. The Kier molecular flexibility index (Phi) is 3.14. The number of hydrogen-bond donors (Lipinski definition) is 1. The summed E-state index contributed by atoms with van der Waals surface area (Å²) in [5.41, 5.74) is 8.96. The summed E-state index contributed by atoms with van der Waals surface area (Å²) >= 11 is 3.58. The Labute approximate surface area is 111 Å². The predicted molar refractivity (Wildman–Crippen MR) is 72.2 cm³/mol. The summed E-state index contributed by atoms with van der Waals surface area (Å²) in [5, 5.41) is 0. The molecule has 1 unspecified atom stereocenters. The molecule has 1 aromatic rings. The van der Waals surface area contributed by atoms with Crippen molar-refractivity contribution < 1.29 is 4.74 Å². The van der Waals surface area contributed by atoms with Crippen LogP contribution in [0.4, 0.5) is 0 Å². The van der Waals surface area contributed by atoms with Gasteiger partial charge in [-0.15, -0.1) is 0 Å². The molecule has 1 fully saturated rings. The molecule has 0 aromatic heterocycles. The highest BCUT2D eigenvalue weighted by Crippen LogP contribution is 2.41. The van der Waals surface area contributed by atoms with Crippen molar-refractivity contribution in [2.24, 2.45) is 11.7 Å². The van der Waals surface area contributed by atoms with E-state index in [1.54, 1.807) is 0 Å². The quantitative estimate of drug-likeness (QED) is 0.905. The number of fused-ring (bicyclic) bond motifs is 1. The van der Waals surface area contributed by atoms with E-state index in [9.17, 15) is 0 Å². The average molecular weight is 296 g/mol. The van der Waals surface area contributed by atoms with E-state index < -0.39 is 0 Å². The molecule has 17 heavy (non-hydrogen) atoms. The maximum Gasteiger partial charge on any atom is 0.127 e. The SMILES string of the molecule is NC(c1cc(Br)cc2c1OCC2)C1CCCC1. The summed E-state index contributed by atoms with van der Waals surface area (Å²) in [6, 6.07) is 4.45. The van der Waals surface area contributed by atoms with Crippen LogP contribution < -0.4 is 10.5 Å². The van der Waals surface area contributed by atoms with E-state index in [1.165, 1.54) is 36.8 Å². The van der Waals surface area contributed by atoms with E-state index in [4.69, 9.17) is 10.5 Å². The molecule has 0 radical (unpaired) electrons. The first-order valence-electron chi connectivity index (χ1n) is 6.46. The summed E-state index contributed by atoms with van der Waals surface area (Å²) in [6.45, 7) is 0.802. The fourth-order valence-corrected chi connectivity index (χ4v) is 3.64. The first kappa shape index (κ1) is 11.5. The van der Waals surface area contributed by atoms with Gasteiger partial charge in [0.2, 0.25) is 0 Å². The Morgan fingerprint density at radius 2 is 2.06 bits per heavy atom. The maximum absolute atomic E-state index is 6.44. The molecule has 2 N–H and O–H groups in total. The number of benzene rings is 1. The number of halogens is 1. The molecule has 0 bridgehead atoms. The summed E-state index contributed by atoms with van der Waals surface area (Å²) in [4.78, 5) is 0. The van der Waals surface area contributed by atoms with Gasteiger partial charge >= 0.3 is 0 Å². The monoisotopic (exact) mass is 295 g/mol. The third kappa shape index (κ3) is 2.11. The predicted octanol–water partition coefficient (Wildman–Crippen LogP) is 3.57. The van der Waals surface area contributed by atoms with Crippen molar-refractivity contribution in [3.8, 4) is 5.75 Å². The van der Waals surface area contributed by atoms with Gasteiger partial charge in [-0.1, -0.05) is 28.8 Å². The normalized spacial score (nSPS) is 21.3. The molecular formula is C14H18BrNO. The third-order valence-electron chi connectivity index (χ3n) is 4.04. The Morgan fingerprint density at radius 1 is 1.29 bits per heavy atom. The minimum Gasteiger partial charge on any atom is -0.493 e. The summed E-state index contributed by atoms with van der Waals surface area (Å²) in [5.74, 6) is 1.70. The van der Waals surface area contributed by atoms with Gasteiger partial charge in [0.1, 0.15) is 5.75 Å². The van der Waals surface area contributed by atoms with Crippen LogP contribution in [0.15, 0.2) is 16.6 Å². The van der Waals surface area contributed by atoms with Crippen molar-refractivity contribution in [3.63, 3.8) is 0 Å². The van der Waals surface area contributed by atoms with Crippen LogP contribution in [0.25, 0.3) is 0 Å². The molecule has 2 nitrogen and oxygen atoms in total. The lowest BCUT2D eigenvalue weighted by Gasteiger charge is -2.21. The zero-order valence-electron chi connectivity index (χ0n) is 9.92. The van der Waals surface area contributed by atoms with E-state index in [-0.39, 0.29) is 6.04 Å². The van der Waals surface area contributed by atoms with Gasteiger partial charge in [0.15, 0.2) is 0 Å². The minimum atomic E-state index is 0.141. The van der Waals surface area contributed by atoms with E-state index >= 15 is 0 Å². The standard InChI is InChI=1S/C14H18BrNO/c15-11-7-10-5-6-17-14(10)12(8-11)13(16)9-3-1-2-4-9/h7-9,13H,1-6,16H2. The fourth-order valence-electron chi connectivity index (χ4n) is 3.12. The van der Waals surface area contributed by atoms with Crippen molar-refractivity contribution in [2.45, 2.75) is 38.1 Å². The fraction of sp³-hybridized carbons (Fsp3) is 0.571. The zero-order valence-corrected chi connectivity index (χ0v) is 11.5. The van der Waals surface area contributed by atoms with Gasteiger partial charge in [-0.05, 0) is 36.5 Å². The van der Waals surface area contributed by atoms with Gasteiger partial charge in [0, 0.05) is 22.5 Å². The second kappa shape index (κ2) is 4.62. The van der Waals surface area contributed by atoms with Crippen LogP contribution in [0.1, 0.15) is 42.9 Å². The van der Waals surface area contributed by atoms with Gasteiger partial charge in [-0.25, -0.2) is 0 Å². The second-order valence-electron chi connectivity index (χ2n) is 5.15. The lowest BCUT2D eigenvalue weighted by atomic mass is 9.91. The van der Waals surface area contributed by atoms with E-state index in [2.05, 4.69) is 28.1 Å². The van der Waals surface area contributed by atoms with E-state index in [0.29, 0.717) is 5.92 Å². The molecular weight excluding hydrogens is 278 g/mol. The lowest BCUT2D eigenvalue weighted by Crippen LogP contribution is -2.19. The maximum atomic E-state index is 6.44. The summed E-state index contributed by atoms with van der Waals surface area (Å²) in [7, 11) is 0. The van der Waals surface area contributed by atoms with Crippen LogP contribution in [-0.2, 0) is 6.42 Å². The molecule has 1 atom stereocenters. The van der Waals surface area contributed by atoms with Crippen molar-refractivity contribution in [1.29, 1.82) is 0 Å². The topological polar surface area (TPSA) is 35.2 Å². The second-order valence-corrected chi connectivity index (χ2v) is 6.07. The molecule has 3 rings (SSSR count). The molecule has 1 aromatic carbocycles. The highest BCUT2D eigenvalue weighted by atomic mass is 79.9. The van der Waals surface area contributed by atoms with Crippen molar-refractivity contribution in [1.82, 2.24) is 0 Å². The van der Waals surface area contributed by atoms with Crippen LogP contribution in [-0.4, -0.2) is 6.61 Å². The summed E-state index contributed by atoms with van der Waals surface area (Å²) in [6.07, 6.45) is 6.20. The third-order valence-corrected chi connectivity index (χ3v) is 4.50. The Morgan fingerprint density at radius 3 is 2.82 bits per heavy atom. The van der Waals surface area contributed by atoms with Crippen LogP contribution in [0, 0.1) is 5.92 Å². The van der Waals surface area contributed by atoms with Crippen LogP contribution in [0.2, 0.25) is 0 Å². The highest BCUT2D eigenvalue weighted by Gasteiger charge is 2.28. The molecule has 1 aliphatic carbocycles. The van der Waals surface area contributed by atoms with Crippen LogP contribution in [0.5, 0.6) is 5.75 Å². The minimum absolute atomic E-state index is 0.141. The molecule has 1 saturated carbocycles. The Bertz CT molecular complexity index is 426. The molecule has 1 aliphatic heterocycles. The van der Waals surface area contributed by atoms with Crippen LogP contribution in [0.3, 0.4) is 0 Å². The van der Waals surface area contributed by atoms with Gasteiger partial charge in [0.25, 0.3) is 0 Å². The van der Waals surface area contributed by atoms with Crippen molar-refractivity contribution >= 4 is 15.9 Å². The Hall–Kier alpha value is -0.540. The molecule has 0 saturated heterocycles. The molecule has 3 heteroatoms. The van der Waals surface area contributed by atoms with Gasteiger partial charge in [0.05, 0.1) is 6.61 Å². The number of ether oxygens (including phenoxy) is 1. The molecule has 92 valence electrons. The largest absolute Gasteiger partial charge is 0.493 e. The summed E-state index contributed by atoms with van der Waals surface area (Å²) < 4.78 is 6.89. The van der Waals surface area contributed by atoms with E-state index in [1.807, 2.05) is 0 Å². The average Bonchev–Trinajstić information content (AvgIpc) is 2.97. The van der Waals surface area contributed by atoms with Crippen molar-refractivity contribution in [2.75, 3.05) is 6.61 Å². The molecule has 0 amide bonds. The number of rotatable bonds is 2. The number of hydrogen-bond acceptors (Lipinski definition) is 2. The Balaban J connectivity index is 1.96. The van der Waals surface area contributed by atoms with Gasteiger partial charge in [-0.2, -0.15) is 0 Å². The first-order valence-corrected chi connectivity index (χ1v) is 7.25. The van der Waals surface area contributed by atoms with Crippen LogP contribution >= 0.6 is 15.9 Å².